The summed E-state index contributed by atoms with van der Waals surface area (Å²) in [6.45, 7) is -1.01. The molecule has 0 aliphatic heterocycles. The Bertz CT molecular complexity index is 195. The zero-order chi connectivity index (χ0) is 10.4. The standard InChI is InChI=1S/C6H12N2O5/c7-3(1-9)6(12)13-2-4(8)5(10)11/h3-4,9H,1-2,7-8H2,(H,10,11)/t3-,4+/m0/s1. The van der Waals surface area contributed by atoms with E-state index in [1.165, 1.54) is 0 Å². The van der Waals surface area contributed by atoms with Crippen LogP contribution in [0.1, 0.15) is 0 Å². The van der Waals surface area contributed by atoms with E-state index in [0.29, 0.717) is 0 Å². The largest absolute Gasteiger partial charge is 0.480 e. The molecule has 7 heteroatoms. The summed E-state index contributed by atoms with van der Waals surface area (Å²) in [4.78, 5) is 20.9. The Morgan fingerprint density at radius 2 is 1.85 bits per heavy atom. The smallest absolute Gasteiger partial charge is 0.325 e. The van der Waals surface area contributed by atoms with Gasteiger partial charge in [0.15, 0.2) is 0 Å². The Labute approximate surface area is 74.3 Å². The third kappa shape index (κ3) is 4.41. The van der Waals surface area contributed by atoms with Gasteiger partial charge in [0.2, 0.25) is 0 Å². The summed E-state index contributed by atoms with van der Waals surface area (Å²) in [5.41, 5.74) is 10.1. The molecule has 0 spiro atoms. The minimum atomic E-state index is -1.27. The maximum atomic E-state index is 10.7. The molecule has 0 aromatic rings. The van der Waals surface area contributed by atoms with Crippen molar-refractivity contribution >= 4 is 11.9 Å². The van der Waals surface area contributed by atoms with Crippen LogP contribution in [0.25, 0.3) is 0 Å². The highest BCUT2D eigenvalue weighted by Gasteiger charge is 2.18. The van der Waals surface area contributed by atoms with Crippen molar-refractivity contribution in [1.29, 1.82) is 0 Å². The molecule has 7 nitrogen and oxygen atoms in total. The minimum absolute atomic E-state index is 0.456. The molecule has 0 saturated heterocycles. The number of rotatable bonds is 5. The van der Waals surface area contributed by atoms with Crippen molar-refractivity contribution < 1.29 is 24.5 Å². The monoisotopic (exact) mass is 192 g/mol. The number of aliphatic hydroxyl groups excluding tert-OH is 1. The van der Waals surface area contributed by atoms with Crippen LogP contribution in [0.4, 0.5) is 0 Å². The molecule has 0 bridgehead atoms. The lowest BCUT2D eigenvalue weighted by molar-refractivity contribution is -0.149. The Hall–Kier alpha value is -1.18. The first-order valence-electron chi connectivity index (χ1n) is 3.50. The zero-order valence-corrected chi connectivity index (χ0v) is 6.84. The first-order chi connectivity index (χ1) is 5.99. The Balaban J connectivity index is 3.76. The number of hydrogen-bond donors (Lipinski definition) is 4. The van der Waals surface area contributed by atoms with Gasteiger partial charge < -0.3 is 26.4 Å². The Morgan fingerprint density at radius 1 is 1.31 bits per heavy atom. The first-order valence-corrected chi connectivity index (χ1v) is 3.50. The van der Waals surface area contributed by atoms with Crippen molar-refractivity contribution in [2.24, 2.45) is 11.5 Å². The fourth-order valence-corrected chi connectivity index (χ4v) is 0.425. The molecule has 0 radical (unpaired) electrons. The molecule has 0 aliphatic carbocycles. The molecule has 0 saturated carbocycles. The number of esters is 1. The highest BCUT2D eigenvalue weighted by atomic mass is 16.5. The normalized spacial score (nSPS) is 14.7. The number of carbonyl (C=O) groups is 2. The van der Waals surface area contributed by atoms with Crippen LogP contribution in [0.3, 0.4) is 0 Å². The molecule has 0 heterocycles. The predicted molar refractivity (Wildman–Crippen MR) is 41.6 cm³/mol. The summed E-state index contributed by atoms with van der Waals surface area (Å²) in [6, 6.07) is -2.42. The van der Waals surface area contributed by atoms with Gasteiger partial charge in [-0.3, -0.25) is 9.59 Å². The van der Waals surface area contributed by atoms with E-state index in [9.17, 15) is 9.59 Å². The highest BCUT2D eigenvalue weighted by molar-refractivity contribution is 5.77. The van der Waals surface area contributed by atoms with Gasteiger partial charge in [-0.05, 0) is 0 Å². The lowest BCUT2D eigenvalue weighted by Gasteiger charge is -2.10. The lowest BCUT2D eigenvalue weighted by atomic mass is 10.3. The van der Waals surface area contributed by atoms with E-state index in [2.05, 4.69) is 4.74 Å². The van der Waals surface area contributed by atoms with Crippen molar-refractivity contribution in [2.75, 3.05) is 13.2 Å². The van der Waals surface area contributed by atoms with Crippen molar-refractivity contribution in [1.82, 2.24) is 0 Å². The van der Waals surface area contributed by atoms with Gasteiger partial charge in [-0.15, -0.1) is 0 Å². The van der Waals surface area contributed by atoms with Crippen LogP contribution in [-0.4, -0.2) is 47.4 Å². The number of aliphatic hydroxyl groups is 1. The molecule has 0 rings (SSSR count). The van der Waals surface area contributed by atoms with Crippen molar-refractivity contribution in [3.63, 3.8) is 0 Å². The maximum absolute atomic E-state index is 10.7. The fourth-order valence-electron chi connectivity index (χ4n) is 0.425. The van der Waals surface area contributed by atoms with Crippen LogP contribution in [0.2, 0.25) is 0 Å². The molecule has 0 fully saturated rings. The summed E-state index contributed by atoms with van der Waals surface area (Å²) in [5.74, 6) is -2.15. The van der Waals surface area contributed by atoms with Crippen molar-refractivity contribution in [2.45, 2.75) is 12.1 Å². The van der Waals surface area contributed by atoms with E-state index in [4.69, 9.17) is 21.7 Å². The molecule has 2 atom stereocenters. The molecule has 0 unspecified atom stereocenters. The van der Waals surface area contributed by atoms with Gasteiger partial charge >= 0.3 is 11.9 Å². The van der Waals surface area contributed by atoms with Gasteiger partial charge in [0.05, 0.1) is 6.61 Å². The van der Waals surface area contributed by atoms with E-state index >= 15 is 0 Å². The van der Waals surface area contributed by atoms with Gasteiger partial charge in [-0.25, -0.2) is 0 Å². The van der Waals surface area contributed by atoms with Gasteiger partial charge in [0, 0.05) is 0 Å². The quantitative estimate of drug-likeness (QED) is 0.347. The number of carboxylic acids is 1. The van der Waals surface area contributed by atoms with Crippen LogP contribution in [0.5, 0.6) is 0 Å². The second-order valence-corrected chi connectivity index (χ2v) is 2.36. The fraction of sp³-hybridized carbons (Fsp3) is 0.667. The topological polar surface area (TPSA) is 136 Å². The van der Waals surface area contributed by atoms with Gasteiger partial charge in [0.25, 0.3) is 0 Å². The molecule has 13 heavy (non-hydrogen) atoms. The molecular weight excluding hydrogens is 180 g/mol. The summed E-state index contributed by atoms with van der Waals surface area (Å²) in [6.07, 6.45) is 0. The average Bonchev–Trinajstić information content (AvgIpc) is 2.11. The summed E-state index contributed by atoms with van der Waals surface area (Å²) in [7, 11) is 0. The van der Waals surface area contributed by atoms with E-state index in [-0.39, 0.29) is 0 Å². The molecule has 0 amide bonds. The highest BCUT2D eigenvalue weighted by Crippen LogP contribution is 1.87. The van der Waals surface area contributed by atoms with Gasteiger partial charge in [0.1, 0.15) is 18.7 Å². The zero-order valence-electron chi connectivity index (χ0n) is 6.84. The number of ether oxygens (including phenoxy) is 1. The second kappa shape index (κ2) is 5.46. The third-order valence-corrected chi connectivity index (χ3v) is 1.22. The SMILES string of the molecule is N[C@H](COC(=O)[C@@H](N)CO)C(=O)O. The average molecular weight is 192 g/mol. The lowest BCUT2D eigenvalue weighted by Crippen LogP contribution is -2.40. The number of carbonyl (C=O) groups excluding carboxylic acids is 1. The first kappa shape index (κ1) is 11.8. The molecule has 0 aromatic heterocycles. The summed E-state index contributed by atoms with van der Waals surface area (Å²) in [5, 5.41) is 16.7. The summed E-state index contributed by atoms with van der Waals surface area (Å²) >= 11 is 0. The molecule has 76 valence electrons. The minimum Gasteiger partial charge on any atom is -0.480 e. The number of aliphatic carboxylic acids is 1. The van der Waals surface area contributed by atoms with Crippen molar-refractivity contribution in [3.05, 3.63) is 0 Å². The van der Waals surface area contributed by atoms with Crippen LogP contribution < -0.4 is 11.5 Å². The van der Waals surface area contributed by atoms with E-state index < -0.39 is 37.2 Å². The number of hydrogen-bond acceptors (Lipinski definition) is 6. The maximum Gasteiger partial charge on any atom is 0.325 e. The van der Waals surface area contributed by atoms with Crippen molar-refractivity contribution in [3.8, 4) is 0 Å². The number of carboxylic acid groups (broad SMARTS) is 1. The molecular formula is C6H12N2O5. The molecule has 0 aromatic carbocycles. The Morgan fingerprint density at radius 3 is 2.23 bits per heavy atom. The van der Waals surface area contributed by atoms with Crippen LogP contribution >= 0.6 is 0 Å². The van der Waals surface area contributed by atoms with E-state index in [0.717, 1.165) is 0 Å². The van der Waals surface area contributed by atoms with Crippen LogP contribution in [0.15, 0.2) is 0 Å². The molecule has 0 aliphatic rings. The van der Waals surface area contributed by atoms with Crippen LogP contribution in [0, 0.1) is 0 Å². The molecule has 6 N–H and O–H groups in total. The van der Waals surface area contributed by atoms with Gasteiger partial charge in [-0.2, -0.15) is 0 Å². The van der Waals surface area contributed by atoms with Crippen LogP contribution in [-0.2, 0) is 14.3 Å². The van der Waals surface area contributed by atoms with E-state index in [1.807, 2.05) is 0 Å². The Kier molecular flexibility index (Phi) is 4.97. The summed E-state index contributed by atoms with van der Waals surface area (Å²) < 4.78 is 4.39. The predicted octanol–water partition coefficient (Wildman–Crippen LogP) is -2.74. The third-order valence-electron chi connectivity index (χ3n) is 1.22. The van der Waals surface area contributed by atoms with E-state index in [1.54, 1.807) is 0 Å². The van der Waals surface area contributed by atoms with Gasteiger partial charge in [-0.1, -0.05) is 0 Å². The second-order valence-electron chi connectivity index (χ2n) is 2.36. The number of nitrogens with two attached hydrogens (primary N) is 2.